The average Bonchev–Trinajstić information content (AvgIpc) is 2.89. The van der Waals surface area contributed by atoms with Crippen LogP contribution in [-0.2, 0) is 0 Å². The Balaban J connectivity index is 1.70. The molecule has 1 amide bonds. The van der Waals surface area contributed by atoms with Gasteiger partial charge in [-0.15, -0.1) is 16.9 Å². The Morgan fingerprint density at radius 2 is 1.76 bits per heavy atom. The van der Waals surface area contributed by atoms with Crippen molar-refractivity contribution in [3.05, 3.63) is 89.7 Å². The monoisotopic (exact) mass is 474 g/mol. The lowest BCUT2D eigenvalue weighted by molar-refractivity contribution is 0.0701. The molecular formula is C24H22N6O3S. The Labute approximate surface area is 200 Å². The lowest BCUT2D eigenvalue weighted by atomic mass is 9.97. The van der Waals surface area contributed by atoms with Crippen molar-refractivity contribution in [3.8, 4) is 23.1 Å². The van der Waals surface area contributed by atoms with Crippen LogP contribution in [0.2, 0.25) is 0 Å². The van der Waals surface area contributed by atoms with Crippen LogP contribution in [0.15, 0.2) is 78.0 Å². The van der Waals surface area contributed by atoms with Crippen molar-refractivity contribution >= 4 is 17.7 Å². The fourth-order valence-corrected chi connectivity index (χ4v) is 3.82. The number of carbonyl (C=O) groups is 1. The van der Waals surface area contributed by atoms with Gasteiger partial charge in [0.05, 0.1) is 13.2 Å². The molecule has 0 aliphatic heterocycles. The van der Waals surface area contributed by atoms with E-state index in [0.717, 1.165) is 21.0 Å². The van der Waals surface area contributed by atoms with Crippen molar-refractivity contribution < 1.29 is 14.6 Å². The van der Waals surface area contributed by atoms with Gasteiger partial charge in [-0.25, -0.2) is 10.8 Å². The molecule has 0 saturated carbocycles. The number of carbonyl (C=O) groups excluding carboxylic acids is 1. The van der Waals surface area contributed by atoms with Gasteiger partial charge in [0.25, 0.3) is 5.91 Å². The number of ether oxygens (including phenoxy) is 1. The summed E-state index contributed by atoms with van der Waals surface area (Å²) < 4.78 is 5.25. The predicted molar refractivity (Wildman–Crippen MR) is 128 cm³/mol. The minimum Gasteiger partial charge on any atom is -0.497 e. The van der Waals surface area contributed by atoms with E-state index in [2.05, 4.69) is 20.2 Å². The number of rotatable bonds is 7. The second-order valence-corrected chi connectivity index (χ2v) is 8.08. The molecule has 2 heterocycles. The Hall–Kier alpha value is -4.02. The molecule has 0 radical (unpaired) electrons. The van der Waals surface area contributed by atoms with Gasteiger partial charge in [0, 0.05) is 17.3 Å². The molecule has 1 unspecified atom stereocenters. The highest BCUT2D eigenvalue weighted by atomic mass is 32.2. The molecule has 2 aromatic heterocycles. The first-order valence-corrected chi connectivity index (χ1v) is 11.4. The minimum atomic E-state index is -0.641. The summed E-state index contributed by atoms with van der Waals surface area (Å²) in [5.74, 6) is 6.06. The van der Waals surface area contributed by atoms with Gasteiger partial charge < -0.3 is 9.84 Å². The normalized spacial score (nSPS) is 11.6. The van der Waals surface area contributed by atoms with E-state index in [-0.39, 0.29) is 11.4 Å². The minimum absolute atomic E-state index is 0.130. The number of nitrogens with zero attached hydrogens (tertiary/aromatic N) is 5. The summed E-state index contributed by atoms with van der Waals surface area (Å²) in [4.78, 5) is 22.6. The van der Waals surface area contributed by atoms with Crippen LogP contribution in [0.3, 0.4) is 0 Å². The molecule has 0 aliphatic rings. The highest BCUT2D eigenvalue weighted by molar-refractivity contribution is 7.98. The van der Waals surface area contributed by atoms with E-state index < -0.39 is 17.8 Å². The molecule has 4 aromatic rings. The van der Waals surface area contributed by atoms with E-state index in [0.29, 0.717) is 11.4 Å². The van der Waals surface area contributed by atoms with Gasteiger partial charge in [-0.3, -0.25) is 9.80 Å². The third-order valence-electron chi connectivity index (χ3n) is 5.18. The lowest BCUT2D eigenvalue weighted by Gasteiger charge is -2.28. The number of methoxy groups -OCH3 is 1. The number of hydrogen-bond acceptors (Lipinski definition) is 9. The van der Waals surface area contributed by atoms with Crippen LogP contribution in [-0.4, -0.2) is 49.6 Å². The van der Waals surface area contributed by atoms with Gasteiger partial charge in [0.15, 0.2) is 5.82 Å². The van der Waals surface area contributed by atoms with Crippen molar-refractivity contribution in [2.75, 3.05) is 13.4 Å². The number of hydrogen-bond donors (Lipinski definition) is 2. The summed E-state index contributed by atoms with van der Waals surface area (Å²) in [6.45, 7) is 0. The summed E-state index contributed by atoms with van der Waals surface area (Å²) in [7, 11) is 1.58. The summed E-state index contributed by atoms with van der Waals surface area (Å²) in [5, 5.41) is 19.3. The molecule has 3 N–H and O–H groups in total. The van der Waals surface area contributed by atoms with Crippen molar-refractivity contribution in [1.29, 1.82) is 0 Å². The quantitative estimate of drug-likeness (QED) is 0.179. The van der Waals surface area contributed by atoms with Crippen LogP contribution in [0.25, 0.3) is 11.5 Å². The molecule has 10 heteroatoms. The fourth-order valence-electron chi connectivity index (χ4n) is 3.41. The van der Waals surface area contributed by atoms with Crippen molar-refractivity contribution in [1.82, 2.24) is 25.2 Å². The maximum atomic E-state index is 13.4. The van der Waals surface area contributed by atoms with Gasteiger partial charge in [-0.05, 0) is 53.8 Å². The molecule has 172 valence electrons. The van der Waals surface area contributed by atoms with Gasteiger partial charge in [0.2, 0.25) is 5.88 Å². The molecule has 2 aromatic carbocycles. The zero-order valence-corrected chi connectivity index (χ0v) is 19.3. The second-order valence-electron chi connectivity index (χ2n) is 7.20. The van der Waals surface area contributed by atoms with Gasteiger partial charge >= 0.3 is 0 Å². The number of benzene rings is 2. The third kappa shape index (κ3) is 4.82. The average molecular weight is 475 g/mol. The number of thioether (sulfide) groups is 1. The molecule has 4 rings (SSSR count). The molecule has 0 saturated heterocycles. The molecule has 1 atom stereocenters. The predicted octanol–water partition coefficient (Wildman–Crippen LogP) is 3.48. The standard InChI is InChI=1S/C24H22N6O3S/c1-33-17-9-5-15(6-10-17)21(16-7-11-18(34-2)12-8-16)30(25)24(32)19-14-26-22(28-23(19)31)20-4-3-13-27-29-20/h3-14,21H,25H2,1-2H3,(H,26,28,31). The first-order chi connectivity index (χ1) is 16.5. The van der Waals surface area contributed by atoms with Crippen LogP contribution >= 0.6 is 11.8 Å². The number of hydrazine groups is 1. The van der Waals surface area contributed by atoms with E-state index in [4.69, 9.17) is 10.6 Å². The topological polar surface area (TPSA) is 127 Å². The second kappa shape index (κ2) is 10.3. The summed E-state index contributed by atoms with van der Waals surface area (Å²) in [5.41, 5.74) is 1.81. The van der Waals surface area contributed by atoms with Crippen molar-refractivity contribution in [2.24, 2.45) is 5.84 Å². The zero-order valence-electron chi connectivity index (χ0n) is 18.5. The third-order valence-corrected chi connectivity index (χ3v) is 5.92. The largest absolute Gasteiger partial charge is 0.497 e. The summed E-state index contributed by atoms with van der Waals surface area (Å²) in [6.07, 6.45) is 4.73. The highest BCUT2D eigenvalue weighted by Gasteiger charge is 2.28. The van der Waals surface area contributed by atoms with Crippen molar-refractivity contribution in [2.45, 2.75) is 10.9 Å². The van der Waals surface area contributed by atoms with Gasteiger partial charge in [-0.2, -0.15) is 10.1 Å². The number of amides is 1. The Bertz CT molecular complexity index is 1220. The summed E-state index contributed by atoms with van der Waals surface area (Å²) >= 11 is 1.62. The number of aromatic hydroxyl groups is 1. The van der Waals surface area contributed by atoms with Gasteiger partial charge in [-0.1, -0.05) is 24.3 Å². The van der Waals surface area contributed by atoms with E-state index >= 15 is 0 Å². The van der Waals surface area contributed by atoms with E-state index in [1.165, 1.54) is 12.4 Å². The van der Waals surface area contributed by atoms with Crippen LogP contribution in [0.4, 0.5) is 0 Å². The SMILES string of the molecule is COc1ccc(C(c2ccc(SC)cc2)N(N)C(=O)c2cnc(-c3cccnn3)nc2O)cc1. The number of aromatic nitrogens is 4. The molecule has 34 heavy (non-hydrogen) atoms. The first kappa shape index (κ1) is 23.1. The molecule has 9 nitrogen and oxygen atoms in total. The van der Waals surface area contributed by atoms with Gasteiger partial charge in [0.1, 0.15) is 17.0 Å². The maximum Gasteiger partial charge on any atom is 0.275 e. The fraction of sp³-hybridized carbons (Fsp3) is 0.125. The highest BCUT2D eigenvalue weighted by Crippen LogP contribution is 2.31. The van der Waals surface area contributed by atoms with Crippen molar-refractivity contribution in [3.63, 3.8) is 0 Å². The first-order valence-electron chi connectivity index (χ1n) is 10.2. The Morgan fingerprint density at radius 1 is 1.09 bits per heavy atom. The smallest absolute Gasteiger partial charge is 0.275 e. The molecular weight excluding hydrogens is 452 g/mol. The zero-order chi connectivity index (χ0) is 24.1. The lowest BCUT2D eigenvalue weighted by Crippen LogP contribution is -2.41. The van der Waals surface area contributed by atoms with Crippen LogP contribution in [0.1, 0.15) is 27.5 Å². The van der Waals surface area contributed by atoms with Crippen LogP contribution < -0.4 is 10.6 Å². The van der Waals surface area contributed by atoms with E-state index in [9.17, 15) is 9.90 Å². The Kier molecular flexibility index (Phi) is 7.00. The maximum absolute atomic E-state index is 13.4. The molecule has 0 bridgehead atoms. The van der Waals surface area contributed by atoms with Crippen LogP contribution in [0.5, 0.6) is 11.6 Å². The number of nitrogens with two attached hydrogens (primary N) is 1. The van der Waals surface area contributed by atoms with E-state index in [1.54, 1.807) is 43.1 Å². The van der Waals surface area contributed by atoms with E-state index in [1.807, 2.05) is 42.7 Å². The van der Waals surface area contributed by atoms with Crippen LogP contribution in [0, 0.1) is 0 Å². The molecule has 0 fully saturated rings. The molecule has 0 aliphatic carbocycles. The Morgan fingerprint density at radius 3 is 2.32 bits per heavy atom. The summed E-state index contributed by atoms with van der Waals surface area (Å²) in [6, 6.07) is 17.7. The molecule has 0 spiro atoms.